The Bertz CT molecular complexity index is 824. The standard InChI is InChI=1S/C14H14F3IN2O5S/c1-25-12(21)3-2-6-20(13(22)14(15,16)17)11-5-4-9(7-10(11)18)8-26(19,23)24/h2-5,7H,6,8H2,1H3,(H2,19,23,24)/b3-2+. The van der Waals surface area contributed by atoms with Crippen LogP contribution >= 0.6 is 22.6 Å². The summed E-state index contributed by atoms with van der Waals surface area (Å²) in [5.41, 5.74) is 0.158. The van der Waals surface area contributed by atoms with Crippen LogP contribution in [0, 0.1) is 3.57 Å². The number of rotatable bonds is 6. The molecule has 0 saturated carbocycles. The summed E-state index contributed by atoms with van der Waals surface area (Å²) in [4.78, 5) is 23.2. The summed E-state index contributed by atoms with van der Waals surface area (Å²) in [6.07, 6.45) is -3.20. The van der Waals surface area contributed by atoms with E-state index in [1.165, 1.54) is 18.2 Å². The summed E-state index contributed by atoms with van der Waals surface area (Å²) in [5, 5.41) is 4.93. The van der Waals surface area contributed by atoms with Gasteiger partial charge in [0.2, 0.25) is 10.0 Å². The molecule has 0 bridgehead atoms. The zero-order chi connectivity index (χ0) is 20.1. The van der Waals surface area contributed by atoms with E-state index in [4.69, 9.17) is 5.14 Å². The second kappa shape index (κ2) is 8.81. The SMILES string of the molecule is COC(=O)/C=C/CN(C(=O)C(F)(F)F)c1ccc(CS(N)(=O)=O)cc1I. The molecule has 1 aromatic carbocycles. The number of carbonyl (C=O) groups is 2. The number of amides is 1. The zero-order valence-corrected chi connectivity index (χ0v) is 16.3. The summed E-state index contributed by atoms with van der Waals surface area (Å²) in [7, 11) is -2.72. The van der Waals surface area contributed by atoms with Crippen molar-refractivity contribution >= 4 is 50.2 Å². The minimum absolute atomic E-state index is 0.0967. The summed E-state index contributed by atoms with van der Waals surface area (Å²) < 4.78 is 65.4. The van der Waals surface area contributed by atoms with E-state index in [1.807, 2.05) is 0 Å². The van der Waals surface area contributed by atoms with Crippen molar-refractivity contribution in [2.75, 3.05) is 18.6 Å². The molecule has 26 heavy (non-hydrogen) atoms. The van der Waals surface area contributed by atoms with E-state index in [0.29, 0.717) is 4.90 Å². The van der Waals surface area contributed by atoms with E-state index in [1.54, 1.807) is 22.6 Å². The molecule has 0 unspecified atom stereocenters. The zero-order valence-electron chi connectivity index (χ0n) is 13.3. The lowest BCUT2D eigenvalue weighted by Crippen LogP contribution is -2.41. The van der Waals surface area contributed by atoms with Gasteiger partial charge in [-0.15, -0.1) is 0 Å². The van der Waals surface area contributed by atoms with Gasteiger partial charge in [-0.25, -0.2) is 18.4 Å². The van der Waals surface area contributed by atoms with Crippen LogP contribution in [0.15, 0.2) is 30.4 Å². The van der Waals surface area contributed by atoms with Crippen molar-refractivity contribution in [3.63, 3.8) is 0 Å². The number of methoxy groups -OCH3 is 1. The second-order valence-electron chi connectivity index (χ2n) is 4.93. The molecule has 1 rings (SSSR count). The van der Waals surface area contributed by atoms with E-state index < -0.39 is 40.4 Å². The highest BCUT2D eigenvalue weighted by atomic mass is 127. The van der Waals surface area contributed by atoms with E-state index in [2.05, 4.69) is 4.74 Å². The molecule has 0 aliphatic rings. The topological polar surface area (TPSA) is 107 Å². The van der Waals surface area contributed by atoms with Gasteiger partial charge in [-0.2, -0.15) is 13.2 Å². The molecule has 2 N–H and O–H groups in total. The lowest BCUT2D eigenvalue weighted by molar-refractivity contribution is -0.170. The van der Waals surface area contributed by atoms with Gasteiger partial charge in [0.25, 0.3) is 0 Å². The third-order valence-corrected chi connectivity index (χ3v) is 4.50. The Morgan fingerprint density at radius 1 is 1.35 bits per heavy atom. The predicted octanol–water partition coefficient (Wildman–Crippen LogP) is 1.70. The number of sulfonamides is 1. The third kappa shape index (κ3) is 6.92. The average Bonchev–Trinajstić information content (AvgIpc) is 2.49. The number of nitrogens with zero attached hydrogens (tertiary/aromatic N) is 1. The van der Waals surface area contributed by atoms with Gasteiger partial charge in [0.05, 0.1) is 18.6 Å². The van der Waals surface area contributed by atoms with Gasteiger partial charge in [0.15, 0.2) is 0 Å². The Labute approximate surface area is 161 Å². The lowest BCUT2D eigenvalue weighted by Gasteiger charge is -2.24. The van der Waals surface area contributed by atoms with Crippen molar-refractivity contribution < 1.29 is 35.9 Å². The lowest BCUT2D eigenvalue weighted by atomic mass is 10.2. The molecule has 0 heterocycles. The number of hydrogen-bond acceptors (Lipinski definition) is 5. The van der Waals surface area contributed by atoms with Crippen LogP contribution in [0.25, 0.3) is 0 Å². The Morgan fingerprint density at radius 3 is 2.42 bits per heavy atom. The van der Waals surface area contributed by atoms with Gasteiger partial charge in [-0.3, -0.25) is 9.69 Å². The maximum absolute atomic E-state index is 12.9. The number of ether oxygens (including phenoxy) is 1. The highest BCUT2D eigenvalue weighted by Crippen LogP contribution is 2.29. The van der Waals surface area contributed by atoms with Crippen LogP contribution in [-0.2, 0) is 30.1 Å². The molecule has 1 aromatic rings. The normalized spacial score (nSPS) is 12.2. The molecule has 0 radical (unpaired) electrons. The van der Waals surface area contributed by atoms with Crippen LogP contribution in [0.2, 0.25) is 0 Å². The molecule has 0 fully saturated rings. The number of benzene rings is 1. The molecule has 144 valence electrons. The highest BCUT2D eigenvalue weighted by molar-refractivity contribution is 14.1. The molecular weight excluding hydrogens is 492 g/mol. The maximum atomic E-state index is 12.9. The van der Waals surface area contributed by atoms with E-state index in [0.717, 1.165) is 19.3 Å². The fraction of sp³-hybridized carbons (Fsp3) is 0.286. The fourth-order valence-corrected chi connectivity index (χ4v) is 3.37. The van der Waals surface area contributed by atoms with Crippen molar-refractivity contribution in [2.45, 2.75) is 11.9 Å². The number of alkyl halides is 3. The van der Waals surface area contributed by atoms with Crippen molar-refractivity contribution in [1.82, 2.24) is 0 Å². The average molecular weight is 506 g/mol. The first kappa shape index (κ1) is 22.4. The quantitative estimate of drug-likeness (QED) is 0.359. The van der Waals surface area contributed by atoms with E-state index in [9.17, 15) is 31.2 Å². The molecule has 1 amide bonds. The minimum atomic E-state index is -5.14. The first-order chi connectivity index (χ1) is 11.8. The maximum Gasteiger partial charge on any atom is 0.471 e. The van der Waals surface area contributed by atoms with Gasteiger partial charge in [0.1, 0.15) is 0 Å². The molecule has 0 spiro atoms. The number of halogens is 4. The molecule has 0 aliphatic carbocycles. The van der Waals surface area contributed by atoms with Crippen molar-refractivity contribution in [3.8, 4) is 0 Å². The van der Waals surface area contributed by atoms with Gasteiger partial charge in [-0.05, 0) is 40.3 Å². The van der Waals surface area contributed by atoms with Crippen LogP contribution in [-0.4, -0.2) is 40.1 Å². The molecule has 0 atom stereocenters. The number of anilines is 1. The van der Waals surface area contributed by atoms with Crippen LogP contribution in [0.4, 0.5) is 18.9 Å². The molecule has 12 heteroatoms. The third-order valence-electron chi connectivity index (χ3n) is 2.90. The second-order valence-corrected chi connectivity index (χ2v) is 7.71. The van der Waals surface area contributed by atoms with Crippen LogP contribution < -0.4 is 10.0 Å². The Balaban J connectivity index is 3.23. The van der Waals surface area contributed by atoms with Crippen molar-refractivity contribution in [1.29, 1.82) is 0 Å². The number of nitrogens with two attached hydrogens (primary N) is 1. The molecule has 0 aromatic heterocycles. The first-order valence-electron chi connectivity index (χ1n) is 6.77. The van der Waals surface area contributed by atoms with E-state index in [-0.39, 0.29) is 14.8 Å². The Morgan fingerprint density at radius 2 is 1.96 bits per heavy atom. The highest BCUT2D eigenvalue weighted by Gasteiger charge is 2.43. The van der Waals surface area contributed by atoms with Crippen LogP contribution in [0.3, 0.4) is 0 Å². The van der Waals surface area contributed by atoms with Crippen molar-refractivity contribution in [3.05, 3.63) is 39.5 Å². The largest absolute Gasteiger partial charge is 0.471 e. The fourth-order valence-electron chi connectivity index (χ4n) is 1.86. The number of primary sulfonamides is 1. The number of esters is 1. The summed E-state index contributed by atoms with van der Waals surface area (Å²) in [6, 6.07) is 3.74. The Kier molecular flexibility index (Phi) is 7.58. The summed E-state index contributed by atoms with van der Waals surface area (Å²) in [6.45, 7) is -0.544. The van der Waals surface area contributed by atoms with Crippen LogP contribution in [0.1, 0.15) is 5.56 Å². The first-order valence-corrected chi connectivity index (χ1v) is 9.56. The number of carbonyl (C=O) groups excluding carboxylic acids is 2. The number of hydrogen-bond donors (Lipinski definition) is 1. The molecule has 7 nitrogen and oxygen atoms in total. The van der Waals surface area contributed by atoms with Gasteiger partial charge in [0, 0.05) is 16.2 Å². The van der Waals surface area contributed by atoms with Gasteiger partial charge in [-0.1, -0.05) is 12.1 Å². The molecule has 0 saturated heterocycles. The molecule has 0 aliphatic heterocycles. The van der Waals surface area contributed by atoms with Gasteiger partial charge < -0.3 is 4.74 Å². The minimum Gasteiger partial charge on any atom is -0.466 e. The smallest absolute Gasteiger partial charge is 0.466 e. The van der Waals surface area contributed by atoms with E-state index >= 15 is 0 Å². The molecular formula is C14H14F3IN2O5S. The predicted molar refractivity (Wildman–Crippen MR) is 95.5 cm³/mol. The monoisotopic (exact) mass is 506 g/mol. The van der Waals surface area contributed by atoms with Crippen molar-refractivity contribution in [2.24, 2.45) is 5.14 Å². The summed E-state index contributed by atoms with van der Waals surface area (Å²) in [5.74, 6) is -3.43. The van der Waals surface area contributed by atoms with Crippen LogP contribution in [0.5, 0.6) is 0 Å². The van der Waals surface area contributed by atoms with Gasteiger partial charge >= 0.3 is 18.1 Å². The summed E-state index contributed by atoms with van der Waals surface area (Å²) >= 11 is 1.67. The Hall–Kier alpha value is -1.67.